The number of halogens is 4. The van der Waals surface area contributed by atoms with Gasteiger partial charge in [0.15, 0.2) is 0 Å². The molecule has 0 unspecified atom stereocenters. The Balaban J connectivity index is 1.14. The van der Waals surface area contributed by atoms with Crippen molar-refractivity contribution < 1.29 is 26.0 Å². The Labute approximate surface area is 267 Å². The zero-order chi connectivity index (χ0) is 32.3. The fourth-order valence-electron chi connectivity index (χ4n) is 6.60. The van der Waals surface area contributed by atoms with Crippen molar-refractivity contribution >= 4 is 33.2 Å². The summed E-state index contributed by atoms with van der Waals surface area (Å²) in [6.07, 6.45) is 0.437. The summed E-state index contributed by atoms with van der Waals surface area (Å²) in [5, 5.41) is 3.15. The van der Waals surface area contributed by atoms with E-state index in [-0.39, 0.29) is 23.3 Å². The van der Waals surface area contributed by atoms with Crippen LogP contribution in [-0.2, 0) is 16.4 Å². The molecule has 14 heteroatoms. The zero-order valence-corrected chi connectivity index (χ0v) is 26.4. The van der Waals surface area contributed by atoms with Crippen LogP contribution in [0.1, 0.15) is 37.7 Å². The number of nitrogens with zero attached hydrogens (tertiary/aromatic N) is 6. The monoisotopic (exact) mass is 661 g/mol. The number of hydrogen-bond donors (Lipinski definition) is 1. The van der Waals surface area contributed by atoms with E-state index in [1.165, 1.54) is 6.07 Å². The normalized spacial score (nSPS) is 18.4. The van der Waals surface area contributed by atoms with Gasteiger partial charge in [-0.1, -0.05) is 0 Å². The van der Waals surface area contributed by atoms with Crippen molar-refractivity contribution in [2.45, 2.75) is 55.6 Å². The minimum Gasteiger partial charge on any atom is -0.326 e. The van der Waals surface area contributed by atoms with Crippen molar-refractivity contribution in [3.05, 3.63) is 66.1 Å². The number of fused-ring (bicyclic) bond motifs is 1. The van der Waals surface area contributed by atoms with E-state index in [0.29, 0.717) is 69.4 Å². The number of anilines is 4. The van der Waals surface area contributed by atoms with Crippen molar-refractivity contribution in [3.8, 4) is 0 Å². The Morgan fingerprint density at radius 1 is 0.913 bits per heavy atom. The van der Waals surface area contributed by atoms with Crippen LogP contribution in [0.2, 0.25) is 0 Å². The molecular weight excluding hydrogens is 622 g/mol. The van der Waals surface area contributed by atoms with Crippen LogP contribution in [0, 0.1) is 5.82 Å². The van der Waals surface area contributed by atoms with Crippen molar-refractivity contribution in [1.29, 1.82) is 0 Å². The van der Waals surface area contributed by atoms with E-state index < -0.39 is 22.6 Å². The average Bonchev–Trinajstić information content (AvgIpc) is 3.71. The third kappa shape index (κ3) is 7.79. The smallest absolute Gasteiger partial charge is 0.326 e. The van der Waals surface area contributed by atoms with Crippen LogP contribution in [-0.4, -0.2) is 97.1 Å². The largest absolute Gasteiger partial charge is 0.390 e. The van der Waals surface area contributed by atoms with Gasteiger partial charge < -0.3 is 20.0 Å². The molecule has 2 saturated heterocycles. The lowest BCUT2D eigenvalue weighted by atomic mass is 10.0. The highest BCUT2D eigenvalue weighted by molar-refractivity contribution is 7.89. The summed E-state index contributed by atoms with van der Waals surface area (Å²) in [4.78, 5) is 15.2. The van der Waals surface area contributed by atoms with E-state index in [1.807, 2.05) is 4.90 Å². The Hall–Kier alpha value is -3.33. The molecule has 0 saturated carbocycles. The second kappa shape index (κ2) is 13.8. The summed E-state index contributed by atoms with van der Waals surface area (Å²) >= 11 is 0. The summed E-state index contributed by atoms with van der Waals surface area (Å²) in [7, 11) is -3.87. The minimum atomic E-state index is -4.21. The molecule has 0 aliphatic carbocycles. The number of benzene rings is 2. The highest BCUT2D eigenvalue weighted by Gasteiger charge is 2.35. The number of sulfonamides is 1. The maximum Gasteiger partial charge on any atom is 0.390 e. The third-order valence-electron chi connectivity index (χ3n) is 9.08. The summed E-state index contributed by atoms with van der Waals surface area (Å²) < 4.78 is 81.6. The molecule has 9 nitrogen and oxygen atoms in total. The molecule has 3 aliphatic heterocycles. The Morgan fingerprint density at radius 2 is 1.63 bits per heavy atom. The van der Waals surface area contributed by atoms with Gasteiger partial charge in [0, 0.05) is 49.8 Å². The van der Waals surface area contributed by atoms with Crippen molar-refractivity contribution in [3.63, 3.8) is 0 Å². The molecule has 46 heavy (non-hydrogen) atoms. The predicted octanol–water partition coefficient (Wildman–Crippen LogP) is 5.56. The molecule has 0 bridgehead atoms. The topological polar surface area (TPSA) is 84.9 Å². The molecule has 1 N–H and O–H groups in total. The van der Waals surface area contributed by atoms with E-state index in [9.17, 15) is 26.0 Å². The fourth-order valence-corrected chi connectivity index (χ4v) is 8.28. The van der Waals surface area contributed by atoms with Gasteiger partial charge in [-0.25, -0.2) is 17.8 Å². The molecule has 1 aromatic heterocycles. The molecule has 0 amide bonds. The Bertz CT molecular complexity index is 1590. The summed E-state index contributed by atoms with van der Waals surface area (Å²) in [5.41, 5.74) is 2.44. The fraction of sp³-hybridized carbons (Fsp3) is 0.500. The maximum atomic E-state index is 14.0. The molecule has 3 aromatic rings. The molecule has 2 fully saturated rings. The lowest BCUT2D eigenvalue weighted by Gasteiger charge is -2.38. The maximum absolute atomic E-state index is 14.0. The second-order valence-corrected chi connectivity index (χ2v) is 14.1. The number of hydrogen-bond acceptors (Lipinski definition) is 8. The number of piperidine rings is 1. The standard InChI is InChI=1S/C32H39F4N7O2S/c33-25-3-8-29-24(23-25)10-19-42(29)30-9-14-37-31(39-30)38-26-4-6-28(7-5-26)46(44,45)43(22-21-40-15-1-2-16-40)27-11-17-41(18-12-27)20-13-32(34,35)36/h3-9,14,23,27H,1-2,10-13,15-22H2,(H,37,38,39). The number of rotatable bonds is 11. The molecule has 0 atom stereocenters. The summed E-state index contributed by atoms with van der Waals surface area (Å²) in [5.74, 6) is 0.740. The van der Waals surface area contributed by atoms with Gasteiger partial charge in [-0.05, 0) is 112 Å². The van der Waals surface area contributed by atoms with Crippen LogP contribution in [0.15, 0.2) is 59.6 Å². The Morgan fingerprint density at radius 3 is 2.35 bits per heavy atom. The molecule has 2 aromatic carbocycles. The van der Waals surface area contributed by atoms with Crippen LogP contribution >= 0.6 is 0 Å². The van der Waals surface area contributed by atoms with Gasteiger partial charge in [-0.15, -0.1) is 0 Å². The van der Waals surface area contributed by atoms with Crippen LogP contribution in [0.4, 0.5) is 40.7 Å². The third-order valence-corrected chi connectivity index (χ3v) is 11.0. The van der Waals surface area contributed by atoms with Gasteiger partial charge in [-0.2, -0.15) is 22.5 Å². The van der Waals surface area contributed by atoms with E-state index in [4.69, 9.17) is 0 Å². The molecule has 0 radical (unpaired) electrons. The SMILES string of the molecule is O=S(=O)(c1ccc(Nc2nccc(N3CCc4cc(F)ccc43)n2)cc1)N(CCN1CCCC1)C1CCN(CCC(F)(F)F)CC1. The van der Waals surface area contributed by atoms with Crippen LogP contribution in [0.5, 0.6) is 0 Å². The van der Waals surface area contributed by atoms with Gasteiger partial charge in [0.2, 0.25) is 16.0 Å². The van der Waals surface area contributed by atoms with Crippen LogP contribution < -0.4 is 10.2 Å². The first kappa shape index (κ1) is 32.6. The number of nitrogens with one attached hydrogen (secondary N) is 1. The van der Waals surface area contributed by atoms with Gasteiger partial charge in [0.25, 0.3) is 0 Å². The van der Waals surface area contributed by atoms with Gasteiger partial charge in [0.1, 0.15) is 11.6 Å². The van der Waals surface area contributed by atoms with Gasteiger partial charge >= 0.3 is 6.18 Å². The lowest BCUT2D eigenvalue weighted by molar-refractivity contribution is -0.138. The molecule has 0 spiro atoms. The molecule has 6 rings (SSSR count). The predicted molar refractivity (Wildman–Crippen MR) is 169 cm³/mol. The van der Waals surface area contributed by atoms with Crippen molar-refractivity contribution in [2.24, 2.45) is 0 Å². The zero-order valence-electron chi connectivity index (χ0n) is 25.6. The molecule has 4 heterocycles. The van der Waals surface area contributed by atoms with E-state index in [2.05, 4.69) is 20.2 Å². The average molecular weight is 662 g/mol. The van der Waals surface area contributed by atoms with Crippen molar-refractivity contribution in [1.82, 2.24) is 24.1 Å². The lowest BCUT2D eigenvalue weighted by Crippen LogP contribution is -2.49. The summed E-state index contributed by atoms with van der Waals surface area (Å²) in [6, 6.07) is 12.7. The number of likely N-dealkylation sites (tertiary alicyclic amines) is 2. The van der Waals surface area contributed by atoms with E-state index in [1.54, 1.807) is 57.9 Å². The van der Waals surface area contributed by atoms with Crippen molar-refractivity contribution in [2.75, 3.05) is 62.6 Å². The quantitative estimate of drug-likeness (QED) is 0.268. The minimum absolute atomic E-state index is 0.0663. The van der Waals surface area contributed by atoms with Crippen LogP contribution in [0.3, 0.4) is 0 Å². The first-order valence-corrected chi connectivity index (χ1v) is 17.3. The Kier molecular flexibility index (Phi) is 9.78. The summed E-state index contributed by atoms with van der Waals surface area (Å²) in [6.45, 7) is 4.30. The number of aromatic nitrogens is 2. The first-order chi connectivity index (χ1) is 22.0. The number of alkyl halides is 3. The van der Waals surface area contributed by atoms with Gasteiger partial charge in [-0.3, -0.25) is 0 Å². The molecule has 248 valence electrons. The van der Waals surface area contributed by atoms with Crippen LogP contribution in [0.25, 0.3) is 0 Å². The first-order valence-electron chi connectivity index (χ1n) is 15.8. The highest BCUT2D eigenvalue weighted by Crippen LogP contribution is 2.34. The molecule has 3 aliphatic rings. The second-order valence-electron chi connectivity index (χ2n) is 12.2. The highest BCUT2D eigenvalue weighted by atomic mass is 32.2. The van der Waals surface area contributed by atoms with E-state index in [0.717, 1.165) is 37.2 Å². The van der Waals surface area contributed by atoms with Gasteiger partial charge in [0.05, 0.1) is 11.3 Å². The van der Waals surface area contributed by atoms with E-state index >= 15 is 0 Å². The molecular formula is C32H39F4N7O2S.